The van der Waals surface area contributed by atoms with Crippen LogP contribution in [-0.4, -0.2) is 18.4 Å². The molecule has 3 aromatic rings. The van der Waals surface area contributed by atoms with Crippen molar-refractivity contribution >= 4 is 22.8 Å². The zero-order valence-electron chi connectivity index (χ0n) is 13.4. The van der Waals surface area contributed by atoms with Gasteiger partial charge >= 0.3 is 11.6 Å². The summed E-state index contributed by atoms with van der Waals surface area (Å²) in [5.41, 5.74) is 1.40. The second-order valence-corrected chi connectivity index (χ2v) is 5.41. The second-order valence-electron chi connectivity index (χ2n) is 5.41. The third kappa shape index (κ3) is 3.95. The molecule has 7 nitrogen and oxygen atoms in total. The number of carbonyl (C=O) groups excluding carboxylic acids is 2. The van der Waals surface area contributed by atoms with Gasteiger partial charge in [0.25, 0.3) is 5.91 Å². The number of ether oxygens (including phenoxy) is 1. The molecule has 3 rings (SSSR count). The van der Waals surface area contributed by atoms with Crippen molar-refractivity contribution in [1.82, 2.24) is 5.32 Å². The van der Waals surface area contributed by atoms with E-state index in [9.17, 15) is 14.4 Å². The molecule has 0 aliphatic rings. The van der Waals surface area contributed by atoms with Crippen LogP contribution in [0.2, 0.25) is 0 Å². The molecule has 0 fully saturated rings. The normalized spacial score (nSPS) is 10.6. The zero-order valence-corrected chi connectivity index (χ0v) is 13.4. The monoisotopic (exact) mass is 341 g/mol. The van der Waals surface area contributed by atoms with Gasteiger partial charge in [-0.25, -0.2) is 4.79 Å². The molecule has 25 heavy (non-hydrogen) atoms. The van der Waals surface area contributed by atoms with Gasteiger partial charge in [-0.05, 0) is 30.7 Å². The second kappa shape index (κ2) is 7.04. The lowest BCUT2D eigenvalue weighted by molar-refractivity contribution is -0.143. The third-order valence-corrected chi connectivity index (χ3v) is 3.51. The predicted molar refractivity (Wildman–Crippen MR) is 88.1 cm³/mol. The Labute approximate surface area is 142 Å². The molecule has 128 valence electrons. The number of esters is 1. The summed E-state index contributed by atoms with van der Waals surface area (Å²) in [5, 5.41) is 3.08. The third-order valence-electron chi connectivity index (χ3n) is 3.51. The Morgan fingerprint density at radius 2 is 2.04 bits per heavy atom. The van der Waals surface area contributed by atoms with E-state index >= 15 is 0 Å². The van der Waals surface area contributed by atoms with Crippen molar-refractivity contribution in [2.24, 2.45) is 0 Å². The van der Waals surface area contributed by atoms with Crippen molar-refractivity contribution in [3.05, 3.63) is 70.0 Å². The number of rotatable bonds is 5. The topological polar surface area (TPSA) is 98.7 Å². The highest BCUT2D eigenvalue weighted by Crippen LogP contribution is 2.19. The first kappa shape index (κ1) is 16.5. The van der Waals surface area contributed by atoms with E-state index in [1.807, 2.05) is 13.0 Å². The fourth-order valence-electron chi connectivity index (χ4n) is 2.31. The first-order chi connectivity index (χ1) is 12.0. The number of hydrogen-bond donors (Lipinski definition) is 1. The van der Waals surface area contributed by atoms with Crippen LogP contribution in [0.4, 0.5) is 0 Å². The lowest BCUT2D eigenvalue weighted by atomic mass is 10.1. The van der Waals surface area contributed by atoms with Crippen LogP contribution in [0.3, 0.4) is 0 Å². The smallest absolute Gasteiger partial charge is 0.336 e. The summed E-state index contributed by atoms with van der Waals surface area (Å²) < 4.78 is 15.2. The summed E-state index contributed by atoms with van der Waals surface area (Å²) in [4.78, 5) is 35.1. The average Bonchev–Trinajstić information content (AvgIpc) is 3.11. The van der Waals surface area contributed by atoms with Crippen molar-refractivity contribution < 1.29 is 23.2 Å². The Balaban J connectivity index is 1.63. The highest BCUT2D eigenvalue weighted by Gasteiger charge is 2.12. The Kier molecular flexibility index (Phi) is 4.65. The number of carbonyl (C=O) groups is 2. The first-order valence-electron chi connectivity index (χ1n) is 7.53. The van der Waals surface area contributed by atoms with Crippen LogP contribution in [0.25, 0.3) is 11.0 Å². The number of nitrogens with one attached hydrogen (secondary N) is 1. The summed E-state index contributed by atoms with van der Waals surface area (Å²) in [6, 6.07) is 9.75. The Morgan fingerprint density at radius 1 is 1.20 bits per heavy atom. The summed E-state index contributed by atoms with van der Waals surface area (Å²) >= 11 is 0. The molecular formula is C18H15NO6. The zero-order chi connectivity index (χ0) is 17.8. The van der Waals surface area contributed by atoms with E-state index in [1.165, 1.54) is 18.4 Å². The van der Waals surface area contributed by atoms with E-state index in [0.717, 1.165) is 5.56 Å². The molecule has 0 aliphatic heterocycles. The van der Waals surface area contributed by atoms with Gasteiger partial charge in [0.2, 0.25) is 0 Å². The van der Waals surface area contributed by atoms with E-state index in [2.05, 4.69) is 5.32 Å². The molecule has 0 unspecified atom stereocenters. The van der Waals surface area contributed by atoms with Gasteiger partial charge in [-0.1, -0.05) is 12.1 Å². The molecule has 0 bridgehead atoms. The Hall–Kier alpha value is -3.35. The van der Waals surface area contributed by atoms with E-state index in [1.54, 1.807) is 18.2 Å². The maximum absolute atomic E-state index is 11.8. The molecule has 2 aromatic heterocycles. The van der Waals surface area contributed by atoms with E-state index < -0.39 is 17.5 Å². The molecule has 0 spiro atoms. The minimum atomic E-state index is -0.631. The molecule has 0 saturated heterocycles. The Bertz CT molecular complexity index is 971. The summed E-state index contributed by atoms with van der Waals surface area (Å²) in [6.07, 6.45) is 1.36. The molecule has 1 amide bonds. The fourth-order valence-corrected chi connectivity index (χ4v) is 2.31. The minimum absolute atomic E-state index is 0.0966. The fraction of sp³-hybridized carbons (Fsp3) is 0.167. The average molecular weight is 341 g/mol. The van der Waals surface area contributed by atoms with Gasteiger partial charge in [0.15, 0.2) is 5.76 Å². The van der Waals surface area contributed by atoms with Gasteiger partial charge < -0.3 is 18.9 Å². The summed E-state index contributed by atoms with van der Waals surface area (Å²) in [7, 11) is 0. The van der Waals surface area contributed by atoms with Crippen LogP contribution in [0.15, 0.2) is 56.3 Å². The van der Waals surface area contributed by atoms with Crippen molar-refractivity contribution in [3.63, 3.8) is 0 Å². The molecule has 1 N–H and O–H groups in total. The van der Waals surface area contributed by atoms with E-state index in [4.69, 9.17) is 13.6 Å². The van der Waals surface area contributed by atoms with Crippen molar-refractivity contribution in [3.8, 4) is 0 Å². The molecule has 0 radical (unpaired) electrons. The van der Waals surface area contributed by atoms with Crippen LogP contribution in [0.1, 0.15) is 21.7 Å². The maximum atomic E-state index is 11.8. The number of furan rings is 1. The Morgan fingerprint density at radius 3 is 2.80 bits per heavy atom. The minimum Gasteiger partial charge on any atom is -0.459 e. The standard InChI is InChI=1S/C18H15NO6/c1-11-4-5-13-12(8-16(20)25-15(13)7-11)10-24-17(21)9-19-18(22)14-3-2-6-23-14/h2-8H,9-10H2,1H3,(H,19,22). The van der Waals surface area contributed by atoms with Crippen molar-refractivity contribution in [2.45, 2.75) is 13.5 Å². The largest absolute Gasteiger partial charge is 0.459 e. The van der Waals surface area contributed by atoms with Gasteiger partial charge in [-0.2, -0.15) is 0 Å². The lowest BCUT2D eigenvalue weighted by Gasteiger charge is -2.08. The van der Waals surface area contributed by atoms with Crippen LogP contribution >= 0.6 is 0 Å². The lowest BCUT2D eigenvalue weighted by Crippen LogP contribution is -2.30. The van der Waals surface area contributed by atoms with Crippen LogP contribution in [-0.2, 0) is 16.1 Å². The van der Waals surface area contributed by atoms with Gasteiger partial charge in [0.05, 0.1) is 6.26 Å². The molecule has 0 aliphatic carbocycles. The molecule has 0 saturated carbocycles. The maximum Gasteiger partial charge on any atom is 0.336 e. The van der Waals surface area contributed by atoms with E-state index in [-0.39, 0.29) is 18.9 Å². The van der Waals surface area contributed by atoms with Crippen molar-refractivity contribution in [1.29, 1.82) is 0 Å². The molecular weight excluding hydrogens is 326 g/mol. The highest BCUT2D eigenvalue weighted by atomic mass is 16.5. The predicted octanol–water partition coefficient (Wildman–Crippen LogP) is 2.17. The van der Waals surface area contributed by atoms with Crippen LogP contribution in [0, 0.1) is 6.92 Å². The first-order valence-corrected chi connectivity index (χ1v) is 7.53. The quantitative estimate of drug-likeness (QED) is 0.564. The number of aryl methyl sites for hydroxylation is 1. The number of hydrogen-bond acceptors (Lipinski definition) is 6. The molecule has 0 atom stereocenters. The molecule has 7 heteroatoms. The van der Waals surface area contributed by atoms with Crippen molar-refractivity contribution in [2.75, 3.05) is 6.54 Å². The van der Waals surface area contributed by atoms with Gasteiger partial charge in [0.1, 0.15) is 18.7 Å². The SMILES string of the molecule is Cc1ccc2c(COC(=O)CNC(=O)c3ccco3)cc(=O)oc2c1. The van der Waals surface area contributed by atoms with Crippen LogP contribution in [0.5, 0.6) is 0 Å². The number of fused-ring (bicyclic) bond motifs is 1. The van der Waals surface area contributed by atoms with Crippen LogP contribution < -0.4 is 10.9 Å². The molecule has 1 aromatic carbocycles. The van der Waals surface area contributed by atoms with Gasteiger partial charge in [-0.15, -0.1) is 0 Å². The number of benzene rings is 1. The highest BCUT2D eigenvalue weighted by molar-refractivity contribution is 5.93. The van der Waals surface area contributed by atoms with E-state index in [0.29, 0.717) is 16.5 Å². The summed E-state index contributed by atoms with van der Waals surface area (Å²) in [6.45, 7) is 1.48. The van der Waals surface area contributed by atoms with Gasteiger partial charge in [0, 0.05) is 17.0 Å². The molecule has 2 heterocycles. The summed E-state index contributed by atoms with van der Waals surface area (Å²) in [5.74, 6) is -1.04. The number of amides is 1. The van der Waals surface area contributed by atoms with Gasteiger partial charge in [-0.3, -0.25) is 9.59 Å².